The standard InChI is InChI=1S/C10H20N2O3/c1-3-12(7-9(13)14)10(15)8(2)5-4-6-11/h8H,3-7,11H2,1-2H3,(H,13,14). The van der Waals surface area contributed by atoms with Crippen molar-refractivity contribution in [3.05, 3.63) is 0 Å². The number of amides is 1. The highest BCUT2D eigenvalue weighted by molar-refractivity contribution is 5.82. The van der Waals surface area contributed by atoms with Crippen molar-refractivity contribution in [1.82, 2.24) is 4.90 Å². The Morgan fingerprint density at radius 1 is 1.47 bits per heavy atom. The van der Waals surface area contributed by atoms with E-state index in [1.165, 1.54) is 4.90 Å². The van der Waals surface area contributed by atoms with Gasteiger partial charge in [-0.3, -0.25) is 9.59 Å². The fraction of sp³-hybridized carbons (Fsp3) is 0.800. The van der Waals surface area contributed by atoms with Crippen LogP contribution >= 0.6 is 0 Å². The third-order valence-electron chi connectivity index (χ3n) is 2.28. The topological polar surface area (TPSA) is 83.6 Å². The van der Waals surface area contributed by atoms with Crippen LogP contribution in [0.15, 0.2) is 0 Å². The van der Waals surface area contributed by atoms with E-state index in [-0.39, 0.29) is 18.4 Å². The Labute approximate surface area is 90.2 Å². The second-order valence-electron chi connectivity index (χ2n) is 3.58. The highest BCUT2D eigenvalue weighted by Crippen LogP contribution is 2.09. The molecule has 3 N–H and O–H groups in total. The summed E-state index contributed by atoms with van der Waals surface area (Å²) in [7, 11) is 0. The highest BCUT2D eigenvalue weighted by Gasteiger charge is 2.20. The number of carboxylic acids is 1. The van der Waals surface area contributed by atoms with Gasteiger partial charge >= 0.3 is 5.97 Å². The van der Waals surface area contributed by atoms with Gasteiger partial charge in [-0.15, -0.1) is 0 Å². The van der Waals surface area contributed by atoms with Gasteiger partial charge in [0.05, 0.1) is 0 Å². The zero-order chi connectivity index (χ0) is 11.8. The molecule has 0 aromatic rings. The van der Waals surface area contributed by atoms with Gasteiger partial charge in [-0.25, -0.2) is 0 Å². The summed E-state index contributed by atoms with van der Waals surface area (Å²) in [5.74, 6) is -1.22. The lowest BCUT2D eigenvalue weighted by Gasteiger charge is -2.22. The summed E-state index contributed by atoms with van der Waals surface area (Å²) < 4.78 is 0. The van der Waals surface area contributed by atoms with E-state index >= 15 is 0 Å². The number of nitrogens with zero attached hydrogens (tertiary/aromatic N) is 1. The second kappa shape index (κ2) is 7.23. The van der Waals surface area contributed by atoms with E-state index in [2.05, 4.69) is 0 Å². The molecular formula is C10H20N2O3. The molecule has 1 amide bonds. The van der Waals surface area contributed by atoms with Crippen molar-refractivity contribution < 1.29 is 14.7 Å². The summed E-state index contributed by atoms with van der Waals surface area (Å²) in [5, 5.41) is 8.61. The van der Waals surface area contributed by atoms with E-state index in [4.69, 9.17) is 10.8 Å². The number of carbonyl (C=O) groups excluding carboxylic acids is 1. The summed E-state index contributed by atoms with van der Waals surface area (Å²) in [6.07, 6.45) is 1.50. The number of likely N-dealkylation sites (N-methyl/N-ethyl adjacent to an activating group) is 1. The van der Waals surface area contributed by atoms with Gasteiger partial charge in [0, 0.05) is 12.5 Å². The van der Waals surface area contributed by atoms with Crippen molar-refractivity contribution in [1.29, 1.82) is 0 Å². The average molecular weight is 216 g/mol. The monoisotopic (exact) mass is 216 g/mol. The van der Waals surface area contributed by atoms with E-state index in [9.17, 15) is 9.59 Å². The molecule has 1 unspecified atom stereocenters. The van der Waals surface area contributed by atoms with Crippen LogP contribution in [-0.4, -0.2) is 41.5 Å². The van der Waals surface area contributed by atoms with Gasteiger partial charge in [0.2, 0.25) is 5.91 Å². The molecule has 1 atom stereocenters. The van der Waals surface area contributed by atoms with Gasteiger partial charge in [-0.05, 0) is 26.3 Å². The van der Waals surface area contributed by atoms with Crippen molar-refractivity contribution in [2.45, 2.75) is 26.7 Å². The minimum atomic E-state index is -0.976. The predicted octanol–water partition coefficient (Wildman–Crippen LogP) is 0.295. The SMILES string of the molecule is CCN(CC(=O)O)C(=O)C(C)CCCN. The Kier molecular flexibility index (Phi) is 6.70. The van der Waals surface area contributed by atoms with Crippen LogP contribution in [0.25, 0.3) is 0 Å². The predicted molar refractivity (Wildman–Crippen MR) is 57.3 cm³/mol. The lowest BCUT2D eigenvalue weighted by molar-refractivity contribution is -0.146. The Hall–Kier alpha value is -1.10. The maximum Gasteiger partial charge on any atom is 0.323 e. The van der Waals surface area contributed by atoms with Crippen LogP contribution in [0.1, 0.15) is 26.7 Å². The molecule has 0 radical (unpaired) electrons. The van der Waals surface area contributed by atoms with Gasteiger partial charge in [0.15, 0.2) is 0 Å². The summed E-state index contributed by atoms with van der Waals surface area (Å²) in [6.45, 7) is 4.35. The van der Waals surface area contributed by atoms with Crippen molar-refractivity contribution >= 4 is 11.9 Å². The van der Waals surface area contributed by atoms with E-state index < -0.39 is 5.97 Å². The normalized spacial score (nSPS) is 12.2. The van der Waals surface area contributed by atoms with Gasteiger partial charge in [0.1, 0.15) is 6.54 Å². The van der Waals surface area contributed by atoms with E-state index in [0.717, 1.165) is 6.42 Å². The molecular weight excluding hydrogens is 196 g/mol. The number of carboxylic acid groups (broad SMARTS) is 1. The Morgan fingerprint density at radius 3 is 2.47 bits per heavy atom. The number of hydrogen-bond donors (Lipinski definition) is 2. The maximum atomic E-state index is 11.7. The second-order valence-corrected chi connectivity index (χ2v) is 3.58. The fourth-order valence-corrected chi connectivity index (χ4v) is 1.37. The molecule has 0 aliphatic rings. The zero-order valence-electron chi connectivity index (χ0n) is 9.40. The Morgan fingerprint density at radius 2 is 2.07 bits per heavy atom. The van der Waals surface area contributed by atoms with Crippen LogP contribution in [0.3, 0.4) is 0 Å². The molecule has 0 heterocycles. The minimum Gasteiger partial charge on any atom is -0.480 e. The molecule has 0 aromatic carbocycles. The highest BCUT2D eigenvalue weighted by atomic mass is 16.4. The fourth-order valence-electron chi connectivity index (χ4n) is 1.37. The van der Waals surface area contributed by atoms with E-state index in [1.54, 1.807) is 6.92 Å². The van der Waals surface area contributed by atoms with Gasteiger partial charge in [-0.2, -0.15) is 0 Å². The lowest BCUT2D eigenvalue weighted by Crippen LogP contribution is -2.38. The van der Waals surface area contributed by atoms with Crippen molar-refractivity contribution in [3.63, 3.8) is 0 Å². The molecule has 0 spiro atoms. The molecule has 0 aliphatic carbocycles. The Bertz CT molecular complexity index is 219. The molecule has 0 aliphatic heterocycles. The number of carbonyl (C=O) groups is 2. The summed E-state index contributed by atoms with van der Waals surface area (Å²) >= 11 is 0. The van der Waals surface area contributed by atoms with Gasteiger partial charge in [-0.1, -0.05) is 6.92 Å². The van der Waals surface area contributed by atoms with E-state index in [0.29, 0.717) is 19.5 Å². The first kappa shape index (κ1) is 13.9. The molecule has 88 valence electrons. The molecule has 0 aromatic heterocycles. The minimum absolute atomic E-state index is 0.103. The lowest BCUT2D eigenvalue weighted by atomic mass is 10.0. The van der Waals surface area contributed by atoms with Gasteiger partial charge in [0.25, 0.3) is 0 Å². The van der Waals surface area contributed by atoms with Crippen LogP contribution in [0.4, 0.5) is 0 Å². The maximum absolute atomic E-state index is 11.7. The molecule has 15 heavy (non-hydrogen) atoms. The van der Waals surface area contributed by atoms with Gasteiger partial charge < -0.3 is 15.7 Å². The number of nitrogens with two attached hydrogens (primary N) is 1. The molecule has 0 fully saturated rings. The molecule has 0 saturated heterocycles. The zero-order valence-corrected chi connectivity index (χ0v) is 9.40. The molecule has 0 saturated carbocycles. The first-order chi connectivity index (χ1) is 7.02. The molecule has 5 heteroatoms. The number of rotatable bonds is 7. The first-order valence-electron chi connectivity index (χ1n) is 5.23. The van der Waals surface area contributed by atoms with Crippen LogP contribution in [0, 0.1) is 5.92 Å². The van der Waals surface area contributed by atoms with Crippen LogP contribution in [0.5, 0.6) is 0 Å². The van der Waals surface area contributed by atoms with Crippen molar-refractivity contribution in [2.75, 3.05) is 19.6 Å². The molecule has 0 bridgehead atoms. The first-order valence-corrected chi connectivity index (χ1v) is 5.23. The van der Waals surface area contributed by atoms with Crippen LogP contribution in [0.2, 0.25) is 0 Å². The summed E-state index contributed by atoms with van der Waals surface area (Å²) in [4.78, 5) is 23.6. The number of aliphatic carboxylic acids is 1. The Balaban J connectivity index is 4.17. The smallest absolute Gasteiger partial charge is 0.323 e. The van der Waals surface area contributed by atoms with E-state index in [1.807, 2.05) is 6.92 Å². The number of hydrogen-bond acceptors (Lipinski definition) is 3. The van der Waals surface area contributed by atoms with Crippen molar-refractivity contribution in [2.24, 2.45) is 11.7 Å². The molecule has 5 nitrogen and oxygen atoms in total. The van der Waals surface area contributed by atoms with Crippen LogP contribution < -0.4 is 5.73 Å². The summed E-state index contributed by atoms with van der Waals surface area (Å²) in [6, 6.07) is 0. The average Bonchev–Trinajstić information content (AvgIpc) is 2.21. The summed E-state index contributed by atoms with van der Waals surface area (Å²) in [5.41, 5.74) is 5.35. The van der Waals surface area contributed by atoms with Crippen molar-refractivity contribution in [3.8, 4) is 0 Å². The third kappa shape index (κ3) is 5.37. The van der Waals surface area contributed by atoms with Crippen LogP contribution in [-0.2, 0) is 9.59 Å². The third-order valence-corrected chi connectivity index (χ3v) is 2.28. The molecule has 0 rings (SSSR count). The quantitative estimate of drug-likeness (QED) is 0.641. The largest absolute Gasteiger partial charge is 0.480 e.